The average molecular weight is 374 g/mol. The maximum Gasteiger partial charge on any atom is 0.231 e. The molecular weight excluding hydrogens is 352 g/mol. The second-order valence-corrected chi connectivity index (χ2v) is 6.56. The number of phenolic OH excluding ortho intramolecular Hbond substituents is 1. The van der Waals surface area contributed by atoms with Crippen molar-refractivity contribution in [2.45, 2.75) is 19.1 Å². The van der Waals surface area contributed by atoms with Gasteiger partial charge in [-0.3, -0.25) is 5.84 Å². The van der Waals surface area contributed by atoms with Crippen molar-refractivity contribution in [1.82, 2.24) is 5.43 Å². The summed E-state index contributed by atoms with van der Waals surface area (Å²) in [6.07, 6.45) is -0.409. The van der Waals surface area contributed by atoms with E-state index in [9.17, 15) is 5.11 Å². The van der Waals surface area contributed by atoms with Crippen molar-refractivity contribution >= 4 is 0 Å². The highest BCUT2D eigenvalue weighted by Crippen LogP contribution is 2.50. The summed E-state index contributed by atoms with van der Waals surface area (Å²) >= 11 is 0. The van der Waals surface area contributed by atoms with Crippen LogP contribution < -0.4 is 35.0 Å². The predicted octanol–water partition coefficient (Wildman–Crippen LogP) is 2.09. The Balaban J connectivity index is 1.89. The van der Waals surface area contributed by atoms with Gasteiger partial charge in [-0.25, -0.2) is 5.43 Å². The molecule has 3 atom stereocenters. The number of nitrogens with one attached hydrogen (secondary N) is 1. The van der Waals surface area contributed by atoms with E-state index in [2.05, 4.69) is 5.43 Å². The zero-order chi connectivity index (χ0) is 19.1. The highest BCUT2D eigenvalue weighted by molar-refractivity contribution is 5.59. The van der Waals surface area contributed by atoms with Gasteiger partial charge in [0.2, 0.25) is 12.5 Å². The van der Waals surface area contributed by atoms with Gasteiger partial charge in [0.05, 0.1) is 14.2 Å². The Morgan fingerprint density at radius 3 is 2.26 bits per heavy atom. The van der Waals surface area contributed by atoms with Gasteiger partial charge < -0.3 is 28.8 Å². The first-order valence-corrected chi connectivity index (χ1v) is 8.58. The van der Waals surface area contributed by atoms with Crippen LogP contribution in [0.3, 0.4) is 0 Å². The van der Waals surface area contributed by atoms with E-state index in [1.807, 2.05) is 19.1 Å². The summed E-state index contributed by atoms with van der Waals surface area (Å²) in [5, 5.41) is 10.3. The number of fused-ring (bicyclic) bond motifs is 2. The molecule has 0 aromatic heterocycles. The Kier molecular flexibility index (Phi) is 4.37. The lowest BCUT2D eigenvalue weighted by Crippen LogP contribution is -2.48. The molecule has 0 amide bonds. The maximum atomic E-state index is 10.3. The number of hydrogen-bond acceptors (Lipinski definition) is 8. The van der Waals surface area contributed by atoms with E-state index in [0.29, 0.717) is 28.7 Å². The van der Waals surface area contributed by atoms with E-state index in [-0.39, 0.29) is 24.4 Å². The van der Waals surface area contributed by atoms with Crippen LogP contribution in [0.1, 0.15) is 24.0 Å². The van der Waals surface area contributed by atoms with Gasteiger partial charge in [0.25, 0.3) is 0 Å². The molecule has 0 spiro atoms. The Bertz CT molecular complexity index is 847. The highest BCUT2D eigenvalue weighted by atomic mass is 16.7. The van der Waals surface area contributed by atoms with Gasteiger partial charge in [0.1, 0.15) is 5.75 Å². The topological polar surface area (TPSA) is 104 Å². The third-order valence-corrected chi connectivity index (χ3v) is 5.12. The third kappa shape index (κ3) is 2.77. The average Bonchev–Trinajstić information content (AvgIpc) is 3.13. The first-order chi connectivity index (χ1) is 13.1. The largest absolute Gasteiger partial charge is 0.502 e. The van der Waals surface area contributed by atoms with Crippen molar-refractivity contribution < 1.29 is 28.8 Å². The minimum absolute atomic E-state index is 0.0261. The molecule has 8 nitrogen and oxygen atoms in total. The van der Waals surface area contributed by atoms with Crippen LogP contribution in [0, 0.1) is 5.92 Å². The fourth-order valence-corrected chi connectivity index (χ4v) is 3.75. The molecule has 0 unspecified atom stereocenters. The maximum absolute atomic E-state index is 10.3. The summed E-state index contributed by atoms with van der Waals surface area (Å²) in [5.41, 5.74) is 4.56. The van der Waals surface area contributed by atoms with E-state index in [4.69, 9.17) is 29.5 Å². The summed E-state index contributed by atoms with van der Waals surface area (Å²) in [6, 6.07) is 7.34. The molecule has 0 saturated heterocycles. The number of hydrazine groups is 1. The quantitative estimate of drug-likeness (QED) is 0.552. The number of ether oxygens (including phenoxy) is 5. The van der Waals surface area contributed by atoms with Gasteiger partial charge in [0, 0.05) is 23.5 Å². The van der Waals surface area contributed by atoms with Crippen LogP contribution in [0.5, 0.6) is 34.5 Å². The second kappa shape index (κ2) is 6.71. The van der Waals surface area contributed by atoms with E-state index < -0.39 is 6.23 Å². The van der Waals surface area contributed by atoms with Crippen LogP contribution in [0.25, 0.3) is 0 Å². The van der Waals surface area contributed by atoms with Crippen LogP contribution in [-0.2, 0) is 0 Å². The molecule has 0 fully saturated rings. The number of benzene rings is 2. The number of phenols is 1. The SMILES string of the molecule is COc1cc([C@@H]2c3cc4c(cc3O[C@H](NN)[C@H]2C)OCO4)cc(OC)c1O. The van der Waals surface area contributed by atoms with Crippen LogP contribution in [-0.4, -0.2) is 32.3 Å². The van der Waals surface area contributed by atoms with Crippen molar-refractivity contribution in [1.29, 1.82) is 0 Å². The zero-order valence-corrected chi connectivity index (χ0v) is 15.3. The Labute approximate surface area is 156 Å². The fourth-order valence-electron chi connectivity index (χ4n) is 3.75. The van der Waals surface area contributed by atoms with Crippen LogP contribution in [0.2, 0.25) is 0 Å². The summed E-state index contributed by atoms with van der Waals surface area (Å²) in [4.78, 5) is 0. The summed E-state index contributed by atoms with van der Waals surface area (Å²) in [6.45, 7) is 2.21. The molecule has 0 aliphatic carbocycles. The van der Waals surface area contributed by atoms with Crippen molar-refractivity contribution in [3.8, 4) is 34.5 Å². The van der Waals surface area contributed by atoms with Gasteiger partial charge in [-0.1, -0.05) is 6.92 Å². The highest BCUT2D eigenvalue weighted by Gasteiger charge is 2.38. The van der Waals surface area contributed by atoms with Crippen LogP contribution in [0.15, 0.2) is 24.3 Å². The zero-order valence-electron chi connectivity index (χ0n) is 15.3. The smallest absolute Gasteiger partial charge is 0.231 e. The normalized spacial score (nSPS) is 22.7. The first kappa shape index (κ1) is 17.6. The first-order valence-electron chi connectivity index (χ1n) is 8.58. The van der Waals surface area contributed by atoms with E-state index >= 15 is 0 Å². The number of methoxy groups -OCH3 is 2. The molecule has 2 aromatic carbocycles. The summed E-state index contributed by atoms with van der Waals surface area (Å²) in [5.74, 6) is 8.20. The lowest BCUT2D eigenvalue weighted by Gasteiger charge is -2.38. The minimum Gasteiger partial charge on any atom is -0.502 e. The Morgan fingerprint density at radius 2 is 1.67 bits per heavy atom. The number of rotatable bonds is 4. The van der Waals surface area contributed by atoms with Crippen molar-refractivity contribution in [2.24, 2.45) is 11.8 Å². The van der Waals surface area contributed by atoms with Crippen LogP contribution >= 0.6 is 0 Å². The van der Waals surface area contributed by atoms with Gasteiger partial charge in [-0.05, 0) is 23.8 Å². The van der Waals surface area contributed by atoms with Crippen molar-refractivity contribution in [2.75, 3.05) is 21.0 Å². The van der Waals surface area contributed by atoms with E-state index in [1.165, 1.54) is 14.2 Å². The molecule has 2 aliphatic rings. The molecule has 27 heavy (non-hydrogen) atoms. The summed E-state index contributed by atoms with van der Waals surface area (Å²) < 4.78 is 27.7. The molecule has 2 aliphatic heterocycles. The lowest BCUT2D eigenvalue weighted by atomic mass is 9.78. The predicted molar refractivity (Wildman–Crippen MR) is 96.5 cm³/mol. The number of nitrogens with two attached hydrogens (primary N) is 1. The lowest BCUT2D eigenvalue weighted by molar-refractivity contribution is 0.0795. The van der Waals surface area contributed by atoms with Gasteiger partial charge in [0.15, 0.2) is 29.2 Å². The molecule has 0 radical (unpaired) electrons. The number of aromatic hydroxyl groups is 1. The minimum atomic E-state index is -0.409. The number of hydrogen-bond donors (Lipinski definition) is 3. The second-order valence-electron chi connectivity index (χ2n) is 6.56. The molecule has 2 aromatic rings. The van der Waals surface area contributed by atoms with Gasteiger partial charge >= 0.3 is 0 Å². The molecular formula is C19H22N2O6. The molecule has 0 bridgehead atoms. The standard InChI is InChI=1S/C19H22N2O6/c1-9-17(10-4-15(23-2)18(22)16(5-10)24-3)11-6-13-14(26-8-25-13)7-12(11)27-19(9)21-20/h4-7,9,17,19,21-22H,8,20H2,1-3H3/t9-,17+,19-/m0/s1. The molecule has 2 heterocycles. The molecule has 144 valence electrons. The van der Waals surface area contributed by atoms with E-state index in [1.54, 1.807) is 12.1 Å². The Morgan fingerprint density at radius 1 is 1.04 bits per heavy atom. The Hall–Kier alpha value is -2.84. The van der Waals surface area contributed by atoms with Crippen LogP contribution in [0.4, 0.5) is 0 Å². The molecule has 4 rings (SSSR count). The van der Waals surface area contributed by atoms with Crippen molar-refractivity contribution in [3.05, 3.63) is 35.4 Å². The molecule has 8 heteroatoms. The molecule has 4 N–H and O–H groups in total. The third-order valence-electron chi connectivity index (χ3n) is 5.12. The van der Waals surface area contributed by atoms with E-state index in [0.717, 1.165) is 11.1 Å². The molecule has 0 saturated carbocycles. The summed E-state index contributed by atoms with van der Waals surface area (Å²) in [7, 11) is 3.00. The fraction of sp³-hybridized carbons (Fsp3) is 0.368. The van der Waals surface area contributed by atoms with Gasteiger partial charge in [-0.2, -0.15) is 0 Å². The monoisotopic (exact) mass is 374 g/mol. The van der Waals surface area contributed by atoms with Gasteiger partial charge in [-0.15, -0.1) is 0 Å². The van der Waals surface area contributed by atoms with Crippen molar-refractivity contribution in [3.63, 3.8) is 0 Å².